The number of unbranched alkanes of at least 4 members (excludes halogenated alkanes) is 62. The van der Waals surface area contributed by atoms with Crippen LogP contribution in [0.5, 0.6) is 0 Å². The van der Waals surface area contributed by atoms with Crippen molar-refractivity contribution in [3.8, 4) is 0 Å². The van der Waals surface area contributed by atoms with Crippen LogP contribution in [0.1, 0.15) is 457 Å². The second-order valence-electron chi connectivity index (χ2n) is 27.4. The Balaban J connectivity index is 3.31. The maximum Gasteiger partial charge on any atom is 0.305 e. The normalized spacial score (nSPS) is 12.5. The predicted octanol–water partition coefficient (Wildman–Crippen LogP) is 25.9. The van der Waals surface area contributed by atoms with Crippen LogP contribution < -0.4 is 5.32 Å². The fourth-order valence-corrected chi connectivity index (χ4v) is 12.8. The first-order valence-electron chi connectivity index (χ1n) is 39.4. The van der Waals surface area contributed by atoms with Crippen molar-refractivity contribution < 1.29 is 24.5 Å². The van der Waals surface area contributed by atoms with Crippen molar-refractivity contribution in [1.29, 1.82) is 0 Å². The smallest absolute Gasteiger partial charge is 0.305 e. The molecular weight excluding hydrogens is 1040 g/mol. The molecule has 506 valence electrons. The van der Waals surface area contributed by atoms with Gasteiger partial charge in [-0.05, 0) is 51.4 Å². The molecule has 0 aromatic carbocycles. The highest BCUT2D eigenvalue weighted by atomic mass is 16.5. The number of aliphatic hydroxyl groups excluding tert-OH is 2. The summed E-state index contributed by atoms with van der Waals surface area (Å²) in [7, 11) is 0. The van der Waals surface area contributed by atoms with E-state index < -0.39 is 12.1 Å². The van der Waals surface area contributed by atoms with E-state index in [0.717, 1.165) is 44.9 Å². The number of amides is 1. The van der Waals surface area contributed by atoms with Crippen LogP contribution in [0.15, 0.2) is 12.2 Å². The number of allylic oxidation sites excluding steroid dienone is 2. The predicted molar refractivity (Wildman–Crippen MR) is 375 cm³/mol. The molecule has 0 aliphatic heterocycles. The van der Waals surface area contributed by atoms with E-state index in [-0.39, 0.29) is 18.5 Å². The minimum absolute atomic E-state index is 0.0149. The zero-order valence-corrected chi connectivity index (χ0v) is 58.1. The van der Waals surface area contributed by atoms with Gasteiger partial charge in [-0.3, -0.25) is 9.59 Å². The van der Waals surface area contributed by atoms with Crippen molar-refractivity contribution >= 4 is 11.9 Å². The minimum atomic E-state index is -0.661. The second kappa shape index (κ2) is 75.1. The van der Waals surface area contributed by atoms with E-state index >= 15 is 0 Å². The first-order chi connectivity index (χ1) is 42.0. The van der Waals surface area contributed by atoms with Crippen LogP contribution in [-0.4, -0.2) is 47.4 Å². The largest absolute Gasteiger partial charge is 0.466 e. The molecule has 85 heavy (non-hydrogen) atoms. The van der Waals surface area contributed by atoms with E-state index in [9.17, 15) is 19.8 Å². The second-order valence-corrected chi connectivity index (χ2v) is 27.4. The molecule has 0 heterocycles. The topological polar surface area (TPSA) is 95.9 Å². The van der Waals surface area contributed by atoms with Gasteiger partial charge in [-0.15, -0.1) is 0 Å². The number of rotatable bonds is 75. The third kappa shape index (κ3) is 71.6. The maximum absolute atomic E-state index is 12.6. The van der Waals surface area contributed by atoms with E-state index in [4.69, 9.17) is 4.74 Å². The summed E-state index contributed by atoms with van der Waals surface area (Å²) in [5.41, 5.74) is 0. The molecule has 6 nitrogen and oxygen atoms in total. The molecule has 0 aromatic rings. The molecule has 0 aliphatic carbocycles. The summed E-state index contributed by atoms with van der Waals surface area (Å²) in [6, 6.07) is -0.538. The lowest BCUT2D eigenvalue weighted by molar-refractivity contribution is -0.143. The number of hydrogen-bond acceptors (Lipinski definition) is 5. The molecule has 0 fully saturated rings. The van der Waals surface area contributed by atoms with Crippen molar-refractivity contribution in [2.24, 2.45) is 0 Å². The number of nitrogens with one attached hydrogen (secondary N) is 1. The molecule has 0 saturated heterocycles. The molecule has 0 radical (unpaired) electrons. The molecule has 2 atom stereocenters. The lowest BCUT2D eigenvalue weighted by Crippen LogP contribution is -2.45. The quantitative estimate of drug-likeness (QED) is 0.0320. The summed E-state index contributed by atoms with van der Waals surface area (Å²) in [5.74, 6) is -0.00980. The van der Waals surface area contributed by atoms with Crippen LogP contribution in [0, 0.1) is 0 Å². The molecule has 6 heteroatoms. The lowest BCUT2D eigenvalue weighted by Gasteiger charge is -2.22. The monoisotopic (exact) mass is 1200 g/mol. The van der Waals surface area contributed by atoms with E-state index in [0.29, 0.717) is 25.9 Å². The van der Waals surface area contributed by atoms with Gasteiger partial charge in [0.2, 0.25) is 5.91 Å². The molecule has 0 spiro atoms. The number of esters is 1. The Hall–Kier alpha value is -1.40. The van der Waals surface area contributed by atoms with E-state index in [1.165, 1.54) is 379 Å². The number of aliphatic hydroxyl groups is 2. The van der Waals surface area contributed by atoms with Gasteiger partial charge >= 0.3 is 5.97 Å². The first-order valence-corrected chi connectivity index (χ1v) is 39.4. The van der Waals surface area contributed by atoms with Gasteiger partial charge in [0.15, 0.2) is 0 Å². The standard InChI is InChI=1S/C79H155NO5/c1-3-5-7-9-11-13-15-17-19-20-21-37-40-44-47-51-55-59-63-67-71-77(82)76(75-81)80-78(83)72-68-64-60-56-52-48-45-41-38-35-33-31-29-27-25-23-22-24-26-28-30-32-34-36-39-42-46-50-54-58-62-66-70-74-85-79(84)73-69-65-61-57-53-49-43-18-16-14-12-10-8-6-4-2/h18,43,76-77,81-82H,3-17,19-42,44-75H2,1-2H3,(H,80,83)/b43-18-. The summed E-state index contributed by atoms with van der Waals surface area (Å²) in [6.07, 6.45) is 94.5. The third-order valence-corrected chi connectivity index (χ3v) is 18.8. The molecule has 0 aromatic heterocycles. The van der Waals surface area contributed by atoms with Crippen molar-refractivity contribution in [2.75, 3.05) is 13.2 Å². The van der Waals surface area contributed by atoms with Gasteiger partial charge in [-0.1, -0.05) is 405 Å². The van der Waals surface area contributed by atoms with E-state index in [1.807, 2.05) is 0 Å². The highest BCUT2D eigenvalue weighted by Crippen LogP contribution is 2.20. The Kier molecular flexibility index (Phi) is 73.8. The highest BCUT2D eigenvalue weighted by molar-refractivity contribution is 5.76. The van der Waals surface area contributed by atoms with Crippen molar-refractivity contribution in [3.05, 3.63) is 12.2 Å². The molecule has 0 aliphatic rings. The molecule has 0 saturated carbocycles. The zero-order valence-electron chi connectivity index (χ0n) is 58.1. The SMILES string of the molecule is CCCCCCCC/C=C\CCCCCCCC(=O)OCCCCCCCCCCCCCCCCCCCCCCCCCCCCCCCCCCCC(=O)NC(CO)C(O)CCCCCCCCCCCCCCCCCCCCCC. The number of hydrogen-bond donors (Lipinski definition) is 3. The van der Waals surface area contributed by atoms with Crippen LogP contribution >= 0.6 is 0 Å². The summed E-state index contributed by atoms with van der Waals surface area (Å²) in [5, 5.41) is 23.4. The van der Waals surface area contributed by atoms with Gasteiger partial charge in [0, 0.05) is 12.8 Å². The summed E-state index contributed by atoms with van der Waals surface area (Å²) in [6.45, 7) is 5.00. The molecular formula is C79H155NO5. The third-order valence-electron chi connectivity index (χ3n) is 18.8. The van der Waals surface area contributed by atoms with Crippen molar-refractivity contribution in [3.63, 3.8) is 0 Å². The molecule has 0 rings (SSSR count). The van der Waals surface area contributed by atoms with Gasteiger partial charge in [0.1, 0.15) is 0 Å². The molecule has 0 bridgehead atoms. The minimum Gasteiger partial charge on any atom is -0.466 e. The first kappa shape index (κ1) is 83.6. The van der Waals surface area contributed by atoms with Gasteiger partial charge in [-0.25, -0.2) is 0 Å². The Morgan fingerprint density at radius 3 is 0.835 bits per heavy atom. The zero-order chi connectivity index (χ0) is 61.3. The summed E-state index contributed by atoms with van der Waals surface area (Å²) in [4.78, 5) is 24.6. The number of carbonyl (C=O) groups is 2. The average molecular weight is 1200 g/mol. The van der Waals surface area contributed by atoms with Crippen LogP contribution in [-0.2, 0) is 14.3 Å². The summed E-state index contributed by atoms with van der Waals surface area (Å²) < 4.78 is 5.50. The fourth-order valence-electron chi connectivity index (χ4n) is 12.8. The highest BCUT2D eigenvalue weighted by Gasteiger charge is 2.20. The Labute approximate surface area is 533 Å². The molecule has 1 amide bonds. The summed E-state index contributed by atoms with van der Waals surface area (Å²) >= 11 is 0. The van der Waals surface area contributed by atoms with Gasteiger partial charge in [-0.2, -0.15) is 0 Å². The number of carbonyl (C=O) groups excluding carboxylic acids is 2. The van der Waals surface area contributed by atoms with Crippen LogP contribution in [0.2, 0.25) is 0 Å². The van der Waals surface area contributed by atoms with Crippen LogP contribution in [0.3, 0.4) is 0 Å². The van der Waals surface area contributed by atoms with Gasteiger partial charge < -0.3 is 20.3 Å². The van der Waals surface area contributed by atoms with E-state index in [1.54, 1.807) is 0 Å². The van der Waals surface area contributed by atoms with Gasteiger partial charge in [0.05, 0.1) is 25.4 Å². The van der Waals surface area contributed by atoms with Crippen molar-refractivity contribution in [1.82, 2.24) is 5.32 Å². The number of ether oxygens (including phenoxy) is 1. The Bertz CT molecular complexity index is 1290. The fraction of sp³-hybridized carbons (Fsp3) is 0.949. The molecule has 2 unspecified atom stereocenters. The lowest BCUT2D eigenvalue weighted by atomic mass is 10.0. The van der Waals surface area contributed by atoms with Crippen molar-refractivity contribution in [2.45, 2.75) is 469 Å². The molecule has 3 N–H and O–H groups in total. The Morgan fingerprint density at radius 1 is 0.318 bits per heavy atom. The Morgan fingerprint density at radius 2 is 0.553 bits per heavy atom. The maximum atomic E-state index is 12.6. The average Bonchev–Trinajstić information content (AvgIpc) is 3.51. The van der Waals surface area contributed by atoms with Crippen LogP contribution in [0.25, 0.3) is 0 Å². The van der Waals surface area contributed by atoms with E-state index in [2.05, 4.69) is 31.3 Å². The van der Waals surface area contributed by atoms with Crippen LogP contribution in [0.4, 0.5) is 0 Å². The van der Waals surface area contributed by atoms with Gasteiger partial charge in [0.25, 0.3) is 0 Å².